The van der Waals surface area contributed by atoms with Crippen molar-refractivity contribution in [2.24, 2.45) is 5.92 Å². The van der Waals surface area contributed by atoms with Gasteiger partial charge in [0.25, 0.3) is 5.56 Å². The number of imidazole rings is 1. The molecule has 1 fully saturated rings. The van der Waals surface area contributed by atoms with Gasteiger partial charge in [-0.3, -0.25) is 9.69 Å². The lowest BCUT2D eigenvalue weighted by atomic mass is 9.90. The second-order valence-corrected chi connectivity index (χ2v) is 6.74. The largest absolute Gasteiger partial charge is 0.385 e. The van der Waals surface area contributed by atoms with Gasteiger partial charge in [0.1, 0.15) is 11.9 Å². The van der Waals surface area contributed by atoms with Crippen molar-refractivity contribution >= 4 is 10.9 Å². The van der Waals surface area contributed by atoms with E-state index in [4.69, 9.17) is 0 Å². The highest BCUT2D eigenvalue weighted by Crippen LogP contribution is 2.29. The summed E-state index contributed by atoms with van der Waals surface area (Å²) in [5.41, 5.74) is 1.65. The quantitative estimate of drug-likeness (QED) is 0.681. The molecule has 6 nitrogen and oxygen atoms in total. The first-order chi connectivity index (χ1) is 12.2. The second kappa shape index (κ2) is 6.82. The van der Waals surface area contributed by atoms with Crippen molar-refractivity contribution in [2.45, 2.75) is 25.5 Å². The van der Waals surface area contributed by atoms with Gasteiger partial charge in [-0.25, -0.2) is 4.98 Å². The number of hydrogen-bond acceptors (Lipinski definition) is 4. The van der Waals surface area contributed by atoms with E-state index in [1.807, 2.05) is 30.3 Å². The zero-order chi connectivity index (χ0) is 17.2. The number of aliphatic hydroxyl groups is 1. The number of aromatic nitrogens is 3. The van der Waals surface area contributed by atoms with Crippen LogP contribution in [0.3, 0.4) is 0 Å². The molecular weight excluding hydrogens is 316 g/mol. The van der Waals surface area contributed by atoms with Crippen molar-refractivity contribution < 1.29 is 5.11 Å². The third kappa shape index (κ3) is 3.36. The van der Waals surface area contributed by atoms with Gasteiger partial charge in [-0.2, -0.15) is 0 Å². The first kappa shape index (κ1) is 16.1. The van der Waals surface area contributed by atoms with Gasteiger partial charge in [0, 0.05) is 30.0 Å². The molecule has 1 aliphatic rings. The molecule has 0 radical (unpaired) electrons. The predicted octanol–water partition coefficient (Wildman–Crippen LogP) is 2.20. The van der Waals surface area contributed by atoms with E-state index in [1.54, 1.807) is 12.4 Å². The van der Waals surface area contributed by atoms with Crippen molar-refractivity contribution in [1.82, 2.24) is 19.9 Å². The van der Waals surface area contributed by atoms with E-state index in [9.17, 15) is 9.90 Å². The third-order valence-corrected chi connectivity index (χ3v) is 5.10. The number of hydrogen-bond donors (Lipinski definition) is 3. The number of para-hydroxylation sites is 1. The van der Waals surface area contributed by atoms with Crippen LogP contribution in [-0.4, -0.2) is 38.0 Å². The average Bonchev–Trinajstić information content (AvgIpc) is 3.17. The normalized spacial score (nSPS) is 17.8. The fourth-order valence-corrected chi connectivity index (χ4v) is 3.64. The summed E-state index contributed by atoms with van der Waals surface area (Å²) in [6, 6.07) is 9.82. The Hall–Kier alpha value is -2.44. The van der Waals surface area contributed by atoms with E-state index in [-0.39, 0.29) is 11.5 Å². The van der Waals surface area contributed by atoms with E-state index in [1.165, 1.54) is 0 Å². The monoisotopic (exact) mass is 338 g/mol. The van der Waals surface area contributed by atoms with E-state index >= 15 is 0 Å². The lowest BCUT2D eigenvalue weighted by Crippen LogP contribution is -2.36. The number of H-pyrrole nitrogens is 2. The Morgan fingerprint density at radius 3 is 2.84 bits per heavy atom. The van der Waals surface area contributed by atoms with Crippen molar-refractivity contribution in [1.29, 1.82) is 0 Å². The first-order valence-electron chi connectivity index (χ1n) is 8.71. The lowest BCUT2D eigenvalue weighted by molar-refractivity contribution is 0.0514. The molecule has 4 rings (SSSR count). The Morgan fingerprint density at radius 1 is 1.28 bits per heavy atom. The smallest absolute Gasteiger partial charge is 0.252 e. The Kier molecular flexibility index (Phi) is 4.38. The molecule has 25 heavy (non-hydrogen) atoms. The Balaban J connectivity index is 1.42. The maximum absolute atomic E-state index is 12.3. The summed E-state index contributed by atoms with van der Waals surface area (Å²) in [6.07, 6.45) is 4.65. The number of pyridine rings is 1. The van der Waals surface area contributed by atoms with E-state index in [2.05, 4.69) is 19.9 Å². The summed E-state index contributed by atoms with van der Waals surface area (Å²) in [4.78, 5) is 24.7. The van der Waals surface area contributed by atoms with E-state index in [0.29, 0.717) is 12.4 Å². The van der Waals surface area contributed by atoms with Crippen LogP contribution in [0.5, 0.6) is 0 Å². The first-order valence-corrected chi connectivity index (χ1v) is 8.71. The van der Waals surface area contributed by atoms with E-state index < -0.39 is 6.10 Å². The summed E-state index contributed by atoms with van der Waals surface area (Å²) >= 11 is 0. The van der Waals surface area contributed by atoms with Crippen LogP contribution in [0.4, 0.5) is 0 Å². The summed E-state index contributed by atoms with van der Waals surface area (Å²) in [7, 11) is 0. The minimum atomic E-state index is -0.541. The SMILES string of the molecule is O=c1[nH]c2ccccc2cc1CN1CCC(C(O)c2ncc[nH]2)CC1. The van der Waals surface area contributed by atoms with Gasteiger partial charge in [0.05, 0.1) is 0 Å². The highest BCUT2D eigenvalue weighted by atomic mass is 16.3. The average molecular weight is 338 g/mol. The number of aromatic amines is 2. The number of fused-ring (bicyclic) bond motifs is 1. The van der Waals surface area contributed by atoms with Gasteiger partial charge in [-0.1, -0.05) is 18.2 Å². The van der Waals surface area contributed by atoms with Gasteiger partial charge in [-0.05, 0) is 49.4 Å². The molecule has 3 N–H and O–H groups in total. The van der Waals surface area contributed by atoms with Gasteiger partial charge in [0.15, 0.2) is 0 Å². The minimum Gasteiger partial charge on any atom is -0.385 e. The van der Waals surface area contributed by atoms with Crippen LogP contribution in [0.25, 0.3) is 10.9 Å². The molecule has 130 valence electrons. The predicted molar refractivity (Wildman–Crippen MR) is 96.1 cm³/mol. The molecule has 1 saturated heterocycles. The summed E-state index contributed by atoms with van der Waals surface area (Å²) in [5.74, 6) is 0.849. The van der Waals surface area contributed by atoms with Crippen LogP contribution in [0, 0.1) is 5.92 Å². The fraction of sp³-hybridized carbons (Fsp3) is 0.368. The van der Waals surface area contributed by atoms with Crippen LogP contribution in [0.2, 0.25) is 0 Å². The number of nitrogens with zero attached hydrogens (tertiary/aromatic N) is 2. The molecule has 1 atom stereocenters. The van der Waals surface area contributed by atoms with E-state index in [0.717, 1.165) is 42.4 Å². The topological polar surface area (TPSA) is 85.0 Å². The van der Waals surface area contributed by atoms with Crippen LogP contribution < -0.4 is 5.56 Å². The summed E-state index contributed by atoms with van der Waals surface area (Å²) in [5, 5.41) is 11.5. The van der Waals surface area contributed by atoms with Gasteiger partial charge < -0.3 is 15.1 Å². The molecule has 2 aromatic heterocycles. The zero-order valence-electron chi connectivity index (χ0n) is 14.0. The minimum absolute atomic E-state index is 0.0172. The number of likely N-dealkylation sites (tertiary alicyclic amines) is 1. The van der Waals surface area contributed by atoms with Gasteiger partial charge in [-0.15, -0.1) is 0 Å². The molecule has 3 aromatic rings. The number of benzene rings is 1. The van der Waals surface area contributed by atoms with Gasteiger partial charge >= 0.3 is 0 Å². The lowest BCUT2D eigenvalue weighted by Gasteiger charge is -2.33. The van der Waals surface area contributed by atoms with Crippen molar-refractivity contribution in [3.63, 3.8) is 0 Å². The molecule has 3 heterocycles. The molecule has 1 aromatic carbocycles. The van der Waals surface area contributed by atoms with Gasteiger partial charge in [0.2, 0.25) is 0 Å². The number of nitrogens with one attached hydrogen (secondary N) is 2. The maximum atomic E-state index is 12.3. The molecular formula is C19H22N4O2. The molecule has 6 heteroatoms. The third-order valence-electron chi connectivity index (χ3n) is 5.10. The number of aliphatic hydroxyl groups excluding tert-OH is 1. The molecule has 1 unspecified atom stereocenters. The fourth-order valence-electron chi connectivity index (χ4n) is 3.64. The maximum Gasteiger partial charge on any atom is 0.252 e. The Labute approximate surface area is 145 Å². The Bertz CT molecular complexity index is 895. The molecule has 0 aliphatic carbocycles. The zero-order valence-corrected chi connectivity index (χ0v) is 14.0. The van der Waals surface area contributed by atoms with Crippen LogP contribution in [0.15, 0.2) is 47.5 Å². The summed E-state index contributed by atoms with van der Waals surface area (Å²) < 4.78 is 0. The highest BCUT2D eigenvalue weighted by Gasteiger charge is 2.27. The molecule has 0 amide bonds. The number of piperidine rings is 1. The second-order valence-electron chi connectivity index (χ2n) is 6.74. The van der Waals surface area contributed by atoms with Crippen LogP contribution in [0.1, 0.15) is 30.3 Å². The molecule has 1 aliphatic heterocycles. The number of rotatable bonds is 4. The summed E-state index contributed by atoms with van der Waals surface area (Å²) in [6.45, 7) is 2.38. The molecule has 0 bridgehead atoms. The highest BCUT2D eigenvalue weighted by molar-refractivity contribution is 5.78. The Morgan fingerprint density at radius 2 is 2.08 bits per heavy atom. The molecule has 0 spiro atoms. The van der Waals surface area contributed by atoms with Crippen LogP contribution >= 0.6 is 0 Å². The van der Waals surface area contributed by atoms with Crippen molar-refractivity contribution in [3.8, 4) is 0 Å². The van der Waals surface area contributed by atoms with Crippen molar-refractivity contribution in [2.75, 3.05) is 13.1 Å². The van der Waals surface area contributed by atoms with Crippen LogP contribution in [-0.2, 0) is 6.54 Å². The van der Waals surface area contributed by atoms with Crippen molar-refractivity contribution in [3.05, 3.63) is 64.5 Å². The standard InChI is InChI=1S/C19H22N4O2/c24-17(18-20-7-8-21-18)13-5-9-23(10-6-13)12-15-11-14-3-1-2-4-16(14)22-19(15)25/h1-4,7-8,11,13,17,24H,5-6,9-10,12H2,(H,20,21)(H,22,25). The molecule has 0 saturated carbocycles.